The summed E-state index contributed by atoms with van der Waals surface area (Å²) in [5.41, 5.74) is 10.3. The van der Waals surface area contributed by atoms with E-state index in [9.17, 15) is 4.79 Å². The number of carbonyl (C=O) groups is 1. The van der Waals surface area contributed by atoms with Crippen LogP contribution in [0.15, 0.2) is 36.4 Å². The number of rotatable bonds is 4. The predicted octanol–water partition coefficient (Wildman–Crippen LogP) is 3.21. The first-order chi connectivity index (χ1) is 9.95. The highest BCUT2D eigenvalue weighted by molar-refractivity contribution is 5.92. The van der Waals surface area contributed by atoms with Crippen LogP contribution < -0.4 is 15.8 Å². The van der Waals surface area contributed by atoms with Crippen LogP contribution in [0.2, 0.25) is 0 Å². The fourth-order valence-corrected chi connectivity index (χ4v) is 2.02. The van der Waals surface area contributed by atoms with Gasteiger partial charge in [0.2, 0.25) is 0 Å². The van der Waals surface area contributed by atoms with Gasteiger partial charge in [-0.1, -0.05) is 23.8 Å². The topological polar surface area (TPSA) is 64.3 Å². The van der Waals surface area contributed by atoms with E-state index in [1.54, 1.807) is 6.07 Å². The molecule has 4 heteroatoms. The van der Waals surface area contributed by atoms with E-state index in [4.69, 9.17) is 10.5 Å². The van der Waals surface area contributed by atoms with Crippen LogP contribution in [-0.2, 0) is 4.79 Å². The minimum atomic E-state index is -0.210. The van der Waals surface area contributed by atoms with Crippen molar-refractivity contribution < 1.29 is 9.53 Å². The number of benzene rings is 2. The quantitative estimate of drug-likeness (QED) is 0.847. The second-order valence-corrected chi connectivity index (χ2v) is 5.18. The number of anilines is 2. The van der Waals surface area contributed by atoms with Gasteiger partial charge in [-0.15, -0.1) is 0 Å². The molecule has 21 heavy (non-hydrogen) atoms. The van der Waals surface area contributed by atoms with Crippen molar-refractivity contribution in [1.82, 2.24) is 0 Å². The summed E-state index contributed by atoms with van der Waals surface area (Å²) in [5.74, 6) is 0.511. The van der Waals surface area contributed by atoms with Gasteiger partial charge in [-0.2, -0.15) is 0 Å². The van der Waals surface area contributed by atoms with Crippen LogP contribution >= 0.6 is 0 Å². The van der Waals surface area contributed by atoms with Gasteiger partial charge in [-0.05, 0) is 50.1 Å². The molecule has 0 fully saturated rings. The van der Waals surface area contributed by atoms with Gasteiger partial charge < -0.3 is 15.8 Å². The molecule has 2 aromatic rings. The summed E-state index contributed by atoms with van der Waals surface area (Å²) < 4.78 is 5.54. The van der Waals surface area contributed by atoms with E-state index >= 15 is 0 Å². The molecule has 0 aliphatic rings. The van der Waals surface area contributed by atoms with E-state index in [2.05, 4.69) is 5.32 Å². The Bertz CT molecular complexity index is 666. The molecule has 0 atom stereocenters. The molecule has 0 unspecified atom stereocenters. The predicted molar refractivity (Wildman–Crippen MR) is 85.6 cm³/mol. The average Bonchev–Trinajstić information content (AvgIpc) is 2.42. The number of nitrogens with two attached hydrogens (primary N) is 1. The first-order valence-electron chi connectivity index (χ1n) is 6.82. The zero-order valence-corrected chi connectivity index (χ0v) is 12.6. The molecular formula is C17H20N2O2. The highest BCUT2D eigenvalue weighted by Crippen LogP contribution is 2.19. The Morgan fingerprint density at radius 2 is 1.86 bits per heavy atom. The van der Waals surface area contributed by atoms with Crippen LogP contribution in [0.3, 0.4) is 0 Å². The molecule has 0 spiro atoms. The minimum absolute atomic E-state index is 0.0301. The first kappa shape index (κ1) is 14.9. The molecule has 0 heterocycles. The average molecular weight is 284 g/mol. The zero-order valence-electron chi connectivity index (χ0n) is 12.6. The van der Waals surface area contributed by atoms with Gasteiger partial charge in [0.15, 0.2) is 6.61 Å². The van der Waals surface area contributed by atoms with E-state index in [0.29, 0.717) is 11.4 Å². The van der Waals surface area contributed by atoms with Gasteiger partial charge in [0.1, 0.15) is 5.75 Å². The van der Waals surface area contributed by atoms with Crippen LogP contribution in [0.1, 0.15) is 16.7 Å². The molecule has 0 bridgehead atoms. The van der Waals surface area contributed by atoms with Crippen molar-refractivity contribution in [2.45, 2.75) is 20.8 Å². The van der Waals surface area contributed by atoms with Gasteiger partial charge in [-0.25, -0.2) is 0 Å². The fraction of sp³-hybridized carbons (Fsp3) is 0.235. The maximum absolute atomic E-state index is 11.9. The van der Waals surface area contributed by atoms with Gasteiger partial charge in [0.05, 0.1) is 0 Å². The fourth-order valence-electron chi connectivity index (χ4n) is 2.02. The summed E-state index contributed by atoms with van der Waals surface area (Å²) in [6, 6.07) is 11.3. The number of ether oxygens (including phenoxy) is 1. The summed E-state index contributed by atoms with van der Waals surface area (Å²) in [7, 11) is 0. The number of hydrogen-bond acceptors (Lipinski definition) is 3. The molecule has 0 radical (unpaired) electrons. The Hall–Kier alpha value is -2.49. The summed E-state index contributed by atoms with van der Waals surface area (Å²) in [5, 5.41) is 2.77. The summed E-state index contributed by atoms with van der Waals surface area (Å²) in [4.78, 5) is 11.9. The van der Waals surface area contributed by atoms with Crippen molar-refractivity contribution in [3.8, 4) is 5.75 Å². The third kappa shape index (κ3) is 3.99. The Kier molecular flexibility index (Phi) is 4.48. The number of amides is 1. The molecule has 110 valence electrons. The van der Waals surface area contributed by atoms with Gasteiger partial charge in [0, 0.05) is 11.4 Å². The largest absolute Gasteiger partial charge is 0.483 e. The number of carbonyl (C=O) groups excluding carboxylic acids is 1. The second-order valence-electron chi connectivity index (χ2n) is 5.18. The normalized spacial score (nSPS) is 10.2. The van der Waals surface area contributed by atoms with Crippen LogP contribution in [0, 0.1) is 20.8 Å². The van der Waals surface area contributed by atoms with E-state index in [-0.39, 0.29) is 12.5 Å². The minimum Gasteiger partial charge on any atom is -0.483 e. The van der Waals surface area contributed by atoms with Gasteiger partial charge >= 0.3 is 0 Å². The summed E-state index contributed by atoms with van der Waals surface area (Å²) in [6.07, 6.45) is 0. The van der Waals surface area contributed by atoms with Crippen LogP contribution in [-0.4, -0.2) is 12.5 Å². The Labute approximate surface area is 124 Å². The van der Waals surface area contributed by atoms with Crippen LogP contribution in [0.25, 0.3) is 0 Å². The lowest BCUT2D eigenvalue weighted by atomic mass is 10.1. The number of hydrogen-bond donors (Lipinski definition) is 2. The molecule has 1 amide bonds. The van der Waals surface area contributed by atoms with Crippen molar-refractivity contribution in [2.24, 2.45) is 0 Å². The molecule has 0 aliphatic heterocycles. The Morgan fingerprint density at radius 1 is 1.10 bits per heavy atom. The highest BCUT2D eigenvalue weighted by atomic mass is 16.5. The lowest BCUT2D eigenvalue weighted by Gasteiger charge is -2.11. The Morgan fingerprint density at radius 3 is 2.52 bits per heavy atom. The third-order valence-corrected chi connectivity index (χ3v) is 3.25. The molecule has 4 nitrogen and oxygen atoms in total. The van der Waals surface area contributed by atoms with Crippen LogP contribution in [0.4, 0.5) is 11.4 Å². The van der Waals surface area contributed by atoms with Crippen molar-refractivity contribution in [2.75, 3.05) is 17.7 Å². The lowest BCUT2D eigenvalue weighted by Crippen LogP contribution is -2.20. The smallest absolute Gasteiger partial charge is 0.262 e. The molecule has 3 N–H and O–H groups in total. The molecule has 0 saturated heterocycles. The maximum Gasteiger partial charge on any atom is 0.262 e. The van der Waals surface area contributed by atoms with Crippen molar-refractivity contribution >= 4 is 17.3 Å². The van der Waals surface area contributed by atoms with Crippen molar-refractivity contribution in [3.05, 3.63) is 53.1 Å². The molecule has 0 saturated carbocycles. The summed E-state index contributed by atoms with van der Waals surface area (Å²) >= 11 is 0. The SMILES string of the molecule is Cc1ccc(OCC(=O)Nc2ccc(C)c(N)c2)c(C)c1. The number of aryl methyl sites for hydroxylation is 3. The van der Waals surface area contributed by atoms with E-state index < -0.39 is 0 Å². The van der Waals surface area contributed by atoms with E-state index in [1.807, 2.05) is 51.1 Å². The van der Waals surface area contributed by atoms with Crippen molar-refractivity contribution in [3.63, 3.8) is 0 Å². The summed E-state index contributed by atoms with van der Waals surface area (Å²) in [6.45, 7) is 5.87. The molecule has 2 aromatic carbocycles. The monoisotopic (exact) mass is 284 g/mol. The van der Waals surface area contributed by atoms with Crippen molar-refractivity contribution in [1.29, 1.82) is 0 Å². The zero-order chi connectivity index (χ0) is 15.4. The molecule has 2 rings (SSSR count). The molecular weight excluding hydrogens is 264 g/mol. The lowest BCUT2D eigenvalue weighted by molar-refractivity contribution is -0.118. The second kappa shape index (κ2) is 6.31. The Balaban J connectivity index is 1.94. The molecule has 0 aromatic heterocycles. The standard InChI is InChI=1S/C17H20N2O2/c1-11-4-7-16(13(3)8-11)21-10-17(20)19-14-6-5-12(2)15(18)9-14/h4-9H,10,18H2,1-3H3,(H,19,20). The number of nitrogen functional groups attached to an aromatic ring is 1. The van der Waals surface area contributed by atoms with Crippen LogP contribution in [0.5, 0.6) is 5.75 Å². The van der Waals surface area contributed by atoms with E-state index in [0.717, 1.165) is 16.9 Å². The molecule has 0 aliphatic carbocycles. The third-order valence-electron chi connectivity index (χ3n) is 3.25. The number of nitrogens with one attached hydrogen (secondary N) is 1. The highest BCUT2D eigenvalue weighted by Gasteiger charge is 2.06. The van der Waals surface area contributed by atoms with Gasteiger partial charge in [0.25, 0.3) is 5.91 Å². The van der Waals surface area contributed by atoms with Gasteiger partial charge in [-0.3, -0.25) is 4.79 Å². The maximum atomic E-state index is 11.9. The van der Waals surface area contributed by atoms with E-state index in [1.165, 1.54) is 5.56 Å². The first-order valence-corrected chi connectivity index (χ1v) is 6.82.